The van der Waals surface area contributed by atoms with Crippen LogP contribution < -0.4 is 4.90 Å². The van der Waals surface area contributed by atoms with Gasteiger partial charge in [0.05, 0.1) is 0 Å². The number of nitro groups is 1. The minimum absolute atomic E-state index is 0.222. The number of carbonyl (C=O) groups is 1. The normalized spacial score (nSPS) is 10.2. The highest BCUT2D eigenvalue weighted by molar-refractivity contribution is 5.74. The van der Waals surface area contributed by atoms with Crippen molar-refractivity contribution in [3.63, 3.8) is 0 Å². The van der Waals surface area contributed by atoms with Crippen molar-refractivity contribution in [1.29, 1.82) is 0 Å². The van der Waals surface area contributed by atoms with E-state index in [9.17, 15) is 14.9 Å². The lowest BCUT2D eigenvalue weighted by atomic mass is 10.4. The van der Waals surface area contributed by atoms with Crippen molar-refractivity contribution >= 4 is 17.6 Å². The molecule has 94 valence electrons. The molecule has 0 amide bonds. The number of aromatic nitrogens is 2. The van der Waals surface area contributed by atoms with Crippen LogP contribution in [0, 0.1) is 10.1 Å². The maximum Gasteiger partial charge on any atom is 0.406 e. The van der Waals surface area contributed by atoms with Crippen LogP contribution in [0.25, 0.3) is 0 Å². The van der Waals surface area contributed by atoms with Gasteiger partial charge in [0.1, 0.15) is 6.54 Å². The second-order valence-electron chi connectivity index (χ2n) is 3.58. The lowest BCUT2D eigenvalue weighted by molar-refractivity contribution is -0.388. The van der Waals surface area contributed by atoms with E-state index in [0.717, 1.165) is 0 Å². The van der Waals surface area contributed by atoms with Gasteiger partial charge in [0, 0.05) is 13.6 Å². The molecule has 0 saturated carbocycles. The standard InChI is InChI=1S/C9H14N4O4/c1-3-4-12(5-7(14)15)9-8(13(16)17)10-6-11(9)2/h6H,3-5H2,1-2H3,(H,14,15). The predicted molar refractivity (Wildman–Crippen MR) is 60.0 cm³/mol. The maximum absolute atomic E-state index is 10.8. The number of hydrogen-bond acceptors (Lipinski definition) is 5. The number of carboxylic acid groups (broad SMARTS) is 1. The van der Waals surface area contributed by atoms with Gasteiger partial charge < -0.3 is 20.1 Å². The van der Waals surface area contributed by atoms with Crippen LogP contribution in [0.3, 0.4) is 0 Å². The van der Waals surface area contributed by atoms with Gasteiger partial charge in [-0.05, 0) is 16.3 Å². The molecule has 0 aliphatic heterocycles. The van der Waals surface area contributed by atoms with E-state index in [-0.39, 0.29) is 18.2 Å². The van der Waals surface area contributed by atoms with Crippen LogP contribution in [0.1, 0.15) is 13.3 Å². The molecular weight excluding hydrogens is 228 g/mol. The van der Waals surface area contributed by atoms with Gasteiger partial charge in [-0.25, -0.2) is 0 Å². The molecular formula is C9H14N4O4. The number of aryl methyl sites for hydroxylation is 1. The van der Waals surface area contributed by atoms with E-state index in [1.165, 1.54) is 15.8 Å². The summed E-state index contributed by atoms with van der Waals surface area (Å²) in [5, 5.41) is 19.6. The third-order valence-electron chi connectivity index (χ3n) is 2.18. The lowest BCUT2D eigenvalue weighted by Gasteiger charge is -2.20. The Kier molecular flexibility index (Phi) is 4.02. The molecule has 1 rings (SSSR count). The molecule has 1 heterocycles. The van der Waals surface area contributed by atoms with Gasteiger partial charge in [-0.2, -0.15) is 0 Å². The number of rotatable bonds is 6. The van der Waals surface area contributed by atoms with Gasteiger partial charge in [-0.1, -0.05) is 6.92 Å². The fraction of sp³-hybridized carbons (Fsp3) is 0.556. The largest absolute Gasteiger partial charge is 0.480 e. The summed E-state index contributed by atoms with van der Waals surface area (Å²) in [4.78, 5) is 26.0. The van der Waals surface area contributed by atoms with Gasteiger partial charge in [0.2, 0.25) is 12.1 Å². The fourth-order valence-corrected chi connectivity index (χ4v) is 1.60. The third-order valence-corrected chi connectivity index (χ3v) is 2.18. The topological polar surface area (TPSA) is 102 Å². The van der Waals surface area contributed by atoms with Gasteiger partial charge in [-0.3, -0.25) is 9.36 Å². The molecule has 0 saturated heterocycles. The zero-order valence-electron chi connectivity index (χ0n) is 9.66. The van der Waals surface area contributed by atoms with Crippen molar-refractivity contribution in [2.24, 2.45) is 7.05 Å². The molecule has 0 fully saturated rings. The molecule has 0 aliphatic carbocycles. The Morgan fingerprint density at radius 2 is 2.35 bits per heavy atom. The van der Waals surface area contributed by atoms with Gasteiger partial charge in [-0.15, -0.1) is 0 Å². The smallest absolute Gasteiger partial charge is 0.406 e. The Morgan fingerprint density at radius 1 is 1.71 bits per heavy atom. The van der Waals surface area contributed by atoms with Crippen molar-refractivity contribution in [2.75, 3.05) is 18.0 Å². The van der Waals surface area contributed by atoms with Crippen LogP contribution in [0.15, 0.2) is 6.33 Å². The van der Waals surface area contributed by atoms with Crippen molar-refractivity contribution in [3.05, 3.63) is 16.4 Å². The van der Waals surface area contributed by atoms with Crippen molar-refractivity contribution in [3.8, 4) is 0 Å². The summed E-state index contributed by atoms with van der Waals surface area (Å²) in [5.41, 5.74) is 0. The van der Waals surface area contributed by atoms with Crippen LogP contribution in [0.2, 0.25) is 0 Å². The van der Waals surface area contributed by atoms with E-state index in [0.29, 0.717) is 13.0 Å². The second-order valence-corrected chi connectivity index (χ2v) is 3.58. The van der Waals surface area contributed by atoms with Crippen LogP contribution >= 0.6 is 0 Å². The average Bonchev–Trinajstić information content (AvgIpc) is 2.59. The summed E-state index contributed by atoms with van der Waals surface area (Å²) < 4.78 is 1.46. The molecule has 0 aliphatic rings. The van der Waals surface area contributed by atoms with Crippen molar-refractivity contribution in [2.45, 2.75) is 13.3 Å². The molecule has 0 aromatic carbocycles. The fourth-order valence-electron chi connectivity index (χ4n) is 1.60. The monoisotopic (exact) mass is 242 g/mol. The molecule has 0 spiro atoms. The first-order valence-corrected chi connectivity index (χ1v) is 5.09. The quantitative estimate of drug-likeness (QED) is 0.579. The number of hydrogen-bond donors (Lipinski definition) is 1. The van der Waals surface area contributed by atoms with E-state index >= 15 is 0 Å². The summed E-state index contributed by atoms with van der Waals surface area (Å²) in [6.07, 6.45) is 1.99. The molecule has 1 N–H and O–H groups in total. The number of nitrogens with zero attached hydrogens (tertiary/aromatic N) is 4. The van der Waals surface area contributed by atoms with E-state index in [1.807, 2.05) is 6.92 Å². The van der Waals surface area contributed by atoms with Crippen molar-refractivity contribution in [1.82, 2.24) is 9.55 Å². The number of carboxylic acids is 1. The highest BCUT2D eigenvalue weighted by Gasteiger charge is 2.26. The second kappa shape index (κ2) is 5.28. The SMILES string of the molecule is CCCN(CC(=O)O)c1c([N+](=O)[O-])ncn1C. The Labute approximate surface area is 97.6 Å². The lowest BCUT2D eigenvalue weighted by Crippen LogP contribution is -2.32. The first kappa shape index (κ1) is 12.9. The molecule has 17 heavy (non-hydrogen) atoms. The Balaban J connectivity index is 3.11. The summed E-state index contributed by atoms with van der Waals surface area (Å²) >= 11 is 0. The summed E-state index contributed by atoms with van der Waals surface area (Å²) in [6.45, 7) is 2.01. The molecule has 0 radical (unpaired) electrons. The van der Waals surface area contributed by atoms with E-state index in [1.54, 1.807) is 7.05 Å². The summed E-state index contributed by atoms with van der Waals surface area (Å²) in [7, 11) is 1.60. The highest BCUT2D eigenvalue weighted by Crippen LogP contribution is 2.25. The van der Waals surface area contributed by atoms with Crippen LogP contribution in [-0.2, 0) is 11.8 Å². The third kappa shape index (κ3) is 2.92. The summed E-state index contributed by atoms with van der Waals surface area (Å²) in [6, 6.07) is 0. The van der Waals surface area contributed by atoms with Gasteiger partial charge >= 0.3 is 11.8 Å². The Morgan fingerprint density at radius 3 is 2.82 bits per heavy atom. The first-order valence-electron chi connectivity index (χ1n) is 5.09. The first-order chi connectivity index (χ1) is 7.97. The van der Waals surface area contributed by atoms with Crippen LogP contribution in [0.5, 0.6) is 0 Å². The Bertz CT molecular complexity index is 429. The average molecular weight is 242 g/mol. The van der Waals surface area contributed by atoms with Gasteiger partial charge in [0.15, 0.2) is 0 Å². The molecule has 8 nitrogen and oxygen atoms in total. The van der Waals surface area contributed by atoms with Gasteiger partial charge in [0.25, 0.3) is 0 Å². The molecule has 0 unspecified atom stereocenters. The molecule has 1 aromatic heterocycles. The highest BCUT2D eigenvalue weighted by atomic mass is 16.6. The number of anilines is 1. The molecule has 0 atom stereocenters. The van der Waals surface area contributed by atoms with Crippen LogP contribution in [0.4, 0.5) is 11.6 Å². The van der Waals surface area contributed by atoms with E-state index in [4.69, 9.17) is 5.11 Å². The van der Waals surface area contributed by atoms with Crippen LogP contribution in [-0.4, -0.2) is 38.6 Å². The van der Waals surface area contributed by atoms with E-state index < -0.39 is 10.9 Å². The molecule has 1 aromatic rings. The van der Waals surface area contributed by atoms with Crippen molar-refractivity contribution < 1.29 is 14.8 Å². The number of aliphatic carboxylic acids is 1. The zero-order chi connectivity index (χ0) is 13.0. The Hall–Kier alpha value is -2.12. The number of imidazole rings is 1. The molecule has 8 heteroatoms. The van der Waals surface area contributed by atoms with E-state index in [2.05, 4.69) is 4.98 Å². The minimum atomic E-state index is -1.03. The molecule has 0 bridgehead atoms. The maximum atomic E-state index is 10.8. The zero-order valence-corrected chi connectivity index (χ0v) is 9.66. The minimum Gasteiger partial charge on any atom is -0.480 e. The summed E-state index contributed by atoms with van der Waals surface area (Å²) in [5.74, 6) is -1.13. The predicted octanol–water partition coefficient (Wildman–Crippen LogP) is 0.629.